The molecule has 0 aromatic rings. The van der Waals surface area contributed by atoms with Crippen LogP contribution in [0.1, 0.15) is 150 Å². The summed E-state index contributed by atoms with van der Waals surface area (Å²) in [5, 5.41) is 0. The van der Waals surface area contributed by atoms with Crippen LogP contribution in [0.25, 0.3) is 0 Å². The summed E-state index contributed by atoms with van der Waals surface area (Å²) in [7, 11) is 1.77. The van der Waals surface area contributed by atoms with Crippen molar-refractivity contribution in [2.75, 3.05) is 40.0 Å². The Balaban J connectivity index is 3.69. The number of hydrogen-bond acceptors (Lipinski definition) is 6. The van der Waals surface area contributed by atoms with Crippen molar-refractivity contribution in [3.8, 4) is 0 Å². The van der Waals surface area contributed by atoms with Gasteiger partial charge in [-0.2, -0.15) is 0 Å². The van der Waals surface area contributed by atoms with Gasteiger partial charge in [0.15, 0.2) is 0 Å². The zero-order valence-corrected chi connectivity index (χ0v) is 26.0. The molecule has 0 rings (SSSR count). The summed E-state index contributed by atoms with van der Waals surface area (Å²) in [6, 6.07) is 0. The SMILES string of the molecule is CCCCCCCCCOC(=O)CCCCCCCN(CCCCCCCC(=O)OC(C)(C)C)CCOC. The van der Waals surface area contributed by atoms with Crippen LogP contribution >= 0.6 is 0 Å². The third-order valence-corrected chi connectivity index (χ3v) is 6.75. The first kappa shape index (κ1) is 36.9. The Bertz CT molecular complexity index is 546. The van der Waals surface area contributed by atoms with Gasteiger partial charge in [-0.15, -0.1) is 0 Å². The smallest absolute Gasteiger partial charge is 0.306 e. The summed E-state index contributed by atoms with van der Waals surface area (Å²) in [5.41, 5.74) is -0.386. The summed E-state index contributed by atoms with van der Waals surface area (Å²) in [5.74, 6) is -0.103. The minimum atomic E-state index is -0.386. The van der Waals surface area contributed by atoms with Gasteiger partial charge in [-0.3, -0.25) is 9.59 Å². The molecule has 0 atom stereocenters. The van der Waals surface area contributed by atoms with Crippen molar-refractivity contribution in [1.29, 1.82) is 0 Å². The average molecular weight is 542 g/mol. The van der Waals surface area contributed by atoms with E-state index in [1.807, 2.05) is 20.8 Å². The van der Waals surface area contributed by atoms with Gasteiger partial charge in [0, 0.05) is 26.5 Å². The molecule has 0 aliphatic heterocycles. The fourth-order valence-corrected chi connectivity index (χ4v) is 4.54. The van der Waals surface area contributed by atoms with Crippen LogP contribution in [-0.2, 0) is 23.8 Å². The summed E-state index contributed by atoms with van der Waals surface area (Å²) in [6.07, 6.45) is 21.0. The van der Waals surface area contributed by atoms with E-state index < -0.39 is 0 Å². The van der Waals surface area contributed by atoms with Crippen LogP contribution in [0.2, 0.25) is 0 Å². The van der Waals surface area contributed by atoms with E-state index in [1.165, 1.54) is 77.0 Å². The van der Waals surface area contributed by atoms with Crippen LogP contribution in [0, 0.1) is 0 Å². The van der Waals surface area contributed by atoms with E-state index in [0.717, 1.165) is 58.3 Å². The first-order valence-electron chi connectivity index (χ1n) is 15.9. The first-order valence-corrected chi connectivity index (χ1v) is 15.9. The molecule has 0 aliphatic carbocycles. The molecule has 0 aromatic heterocycles. The van der Waals surface area contributed by atoms with Gasteiger partial charge in [-0.1, -0.05) is 84.0 Å². The lowest BCUT2D eigenvalue weighted by atomic mass is 10.1. The number of nitrogens with zero attached hydrogens (tertiary/aromatic N) is 1. The van der Waals surface area contributed by atoms with Gasteiger partial charge in [-0.25, -0.2) is 0 Å². The number of esters is 2. The van der Waals surface area contributed by atoms with Gasteiger partial charge < -0.3 is 19.1 Å². The predicted molar refractivity (Wildman–Crippen MR) is 159 cm³/mol. The van der Waals surface area contributed by atoms with Crippen molar-refractivity contribution < 1.29 is 23.8 Å². The number of carbonyl (C=O) groups excluding carboxylic acids is 2. The molecule has 6 heteroatoms. The molecule has 0 fully saturated rings. The molecule has 0 aromatic carbocycles. The highest BCUT2D eigenvalue weighted by molar-refractivity contribution is 5.69. The Labute approximate surface area is 235 Å². The molecule has 226 valence electrons. The molecule has 38 heavy (non-hydrogen) atoms. The zero-order chi connectivity index (χ0) is 28.3. The predicted octanol–water partition coefficient (Wildman–Crippen LogP) is 8.25. The van der Waals surface area contributed by atoms with E-state index in [9.17, 15) is 9.59 Å². The number of rotatable bonds is 27. The monoisotopic (exact) mass is 541 g/mol. The molecular formula is C32H63NO5. The summed E-state index contributed by atoms with van der Waals surface area (Å²) >= 11 is 0. The molecule has 0 heterocycles. The number of carbonyl (C=O) groups is 2. The topological polar surface area (TPSA) is 65.1 Å². The maximum atomic E-state index is 11.9. The van der Waals surface area contributed by atoms with Gasteiger partial charge in [0.2, 0.25) is 0 Å². The Kier molecular flexibility index (Phi) is 25.3. The third-order valence-electron chi connectivity index (χ3n) is 6.75. The lowest BCUT2D eigenvalue weighted by molar-refractivity contribution is -0.155. The largest absolute Gasteiger partial charge is 0.466 e. The number of hydrogen-bond donors (Lipinski definition) is 0. The first-order chi connectivity index (χ1) is 18.3. The summed E-state index contributed by atoms with van der Waals surface area (Å²) in [6.45, 7) is 12.6. The fourth-order valence-electron chi connectivity index (χ4n) is 4.54. The maximum absolute atomic E-state index is 11.9. The standard InChI is InChI=1S/C32H63NO5/c1-6-7-8-9-10-17-22-28-37-30(34)23-18-13-11-15-20-25-33(27-29-36-5)26-21-16-12-14-19-24-31(35)38-32(2,3)4/h6-29H2,1-5H3. The van der Waals surface area contributed by atoms with Crippen molar-refractivity contribution in [2.45, 2.75) is 155 Å². The van der Waals surface area contributed by atoms with Crippen molar-refractivity contribution in [1.82, 2.24) is 4.90 Å². The summed E-state index contributed by atoms with van der Waals surface area (Å²) < 4.78 is 16.1. The molecule has 0 bridgehead atoms. The Morgan fingerprint density at radius 3 is 1.58 bits per heavy atom. The minimum Gasteiger partial charge on any atom is -0.466 e. The molecule has 0 radical (unpaired) electrons. The molecule has 0 unspecified atom stereocenters. The summed E-state index contributed by atoms with van der Waals surface area (Å²) in [4.78, 5) is 26.2. The van der Waals surface area contributed by atoms with Crippen LogP contribution in [-0.4, -0.2) is 62.4 Å². The third kappa shape index (κ3) is 27.9. The van der Waals surface area contributed by atoms with E-state index in [1.54, 1.807) is 7.11 Å². The van der Waals surface area contributed by atoms with Gasteiger partial charge in [0.05, 0.1) is 13.2 Å². The Morgan fingerprint density at radius 2 is 1.05 bits per heavy atom. The van der Waals surface area contributed by atoms with Crippen LogP contribution < -0.4 is 0 Å². The second-order valence-electron chi connectivity index (χ2n) is 11.8. The van der Waals surface area contributed by atoms with Crippen LogP contribution in [0.4, 0.5) is 0 Å². The van der Waals surface area contributed by atoms with Crippen LogP contribution in [0.5, 0.6) is 0 Å². The lowest BCUT2D eigenvalue weighted by Crippen LogP contribution is -2.29. The normalized spacial score (nSPS) is 11.7. The number of methoxy groups -OCH3 is 1. The van der Waals surface area contributed by atoms with Crippen molar-refractivity contribution in [3.05, 3.63) is 0 Å². The molecule has 0 aliphatic rings. The van der Waals surface area contributed by atoms with Crippen LogP contribution in [0.15, 0.2) is 0 Å². The molecular weight excluding hydrogens is 478 g/mol. The molecule has 0 spiro atoms. The molecule has 0 amide bonds. The average Bonchev–Trinajstić information content (AvgIpc) is 2.86. The number of unbranched alkanes of at least 4 members (excludes halogenated alkanes) is 14. The van der Waals surface area contributed by atoms with Crippen molar-refractivity contribution in [2.24, 2.45) is 0 Å². The minimum absolute atomic E-state index is 0.0217. The van der Waals surface area contributed by atoms with Gasteiger partial charge in [-0.05, 0) is 66.0 Å². The molecule has 0 N–H and O–H groups in total. The van der Waals surface area contributed by atoms with E-state index in [0.29, 0.717) is 19.4 Å². The highest BCUT2D eigenvalue weighted by Gasteiger charge is 2.15. The van der Waals surface area contributed by atoms with Crippen LogP contribution in [0.3, 0.4) is 0 Å². The number of ether oxygens (including phenoxy) is 3. The highest BCUT2D eigenvalue weighted by Crippen LogP contribution is 2.13. The Morgan fingerprint density at radius 1 is 0.579 bits per heavy atom. The second kappa shape index (κ2) is 26.1. The Hall–Kier alpha value is -1.14. The van der Waals surface area contributed by atoms with Crippen molar-refractivity contribution >= 4 is 11.9 Å². The van der Waals surface area contributed by atoms with Gasteiger partial charge in [0.25, 0.3) is 0 Å². The second-order valence-corrected chi connectivity index (χ2v) is 11.8. The van der Waals surface area contributed by atoms with E-state index >= 15 is 0 Å². The van der Waals surface area contributed by atoms with E-state index in [4.69, 9.17) is 14.2 Å². The van der Waals surface area contributed by atoms with Gasteiger partial charge >= 0.3 is 11.9 Å². The molecule has 6 nitrogen and oxygen atoms in total. The van der Waals surface area contributed by atoms with Gasteiger partial charge in [0.1, 0.15) is 5.60 Å². The lowest BCUT2D eigenvalue weighted by Gasteiger charge is -2.22. The van der Waals surface area contributed by atoms with E-state index in [2.05, 4.69) is 11.8 Å². The highest BCUT2D eigenvalue weighted by atomic mass is 16.6. The molecule has 0 saturated heterocycles. The quantitative estimate of drug-likeness (QED) is 0.0770. The van der Waals surface area contributed by atoms with Crippen molar-refractivity contribution in [3.63, 3.8) is 0 Å². The van der Waals surface area contributed by atoms with E-state index in [-0.39, 0.29) is 17.5 Å². The fraction of sp³-hybridized carbons (Fsp3) is 0.938. The molecule has 0 saturated carbocycles. The maximum Gasteiger partial charge on any atom is 0.306 e. The zero-order valence-electron chi connectivity index (χ0n) is 26.0.